The van der Waals surface area contributed by atoms with E-state index in [1.165, 1.54) is 0 Å². The average Bonchev–Trinajstić information content (AvgIpc) is 2.55. The SMILES string of the molecule is C=CCCC(=O)Nc1ccccc1NC(=O)c1ccccc1. The molecule has 0 heterocycles. The zero-order valence-electron chi connectivity index (χ0n) is 12.2. The number of benzene rings is 2. The zero-order chi connectivity index (χ0) is 15.8. The van der Waals surface area contributed by atoms with Crippen LogP contribution in [0.25, 0.3) is 0 Å². The summed E-state index contributed by atoms with van der Waals surface area (Å²) in [6, 6.07) is 16.1. The molecule has 0 bridgehead atoms. The third-order valence-electron chi connectivity index (χ3n) is 3.06. The number of allylic oxidation sites excluding steroid dienone is 1. The second kappa shape index (κ2) is 7.78. The van der Waals surface area contributed by atoms with Crippen LogP contribution in [0.15, 0.2) is 67.3 Å². The summed E-state index contributed by atoms with van der Waals surface area (Å²) in [5.74, 6) is -0.324. The maximum Gasteiger partial charge on any atom is 0.255 e. The van der Waals surface area contributed by atoms with Crippen LogP contribution in [-0.4, -0.2) is 11.8 Å². The fourth-order valence-corrected chi connectivity index (χ4v) is 1.93. The highest BCUT2D eigenvalue weighted by atomic mass is 16.2. The summed E-state index contributed by atoms with van der Waals surface area (Å²) < 4.78 is 0. The van der Waals surface area contributed by atoms with E-state index >= 15 is 0 Å². The molecule has 2 aromatic carbocycles. The van der Waals surface area contributed by atoms with Gasteiger partial charge >= 0.3 is 0 Å². The molecule has 4 heteroatoms. The minimum atomic E-state index is -0.214. The molecule has 4 nitrogen and oxygen atoms in total. The summed E-state index contributed by atoms with van der Waals surface area (Å²) in [7, 11) is 0. The third-order valence-corrected chi connectivity index (χ3v) is 3.06. The van der Waals surface area contributed by atoms with Crippen LogP contribution in [0.5, 0.6) is 0 Å². The molecule has 22 heavy (non-hydrogen) atoms. The molecule has 0 aliphatic carbocycles. The molecule has 0 unspecified atom stereocenters. The number of anilines is 2. The van der Waals surface area contributed by atoms with E-state index in [2.05, 4.69) is 17.2 Å². The average molecular weight is 294 g/mol. The largest absolute Gasteiger partial charge is 0.324 e. The molecule has 0 aromatic heterocycles. The molecule has 0 spiro atoms. The lowest BCUT2D eigenvalue weighted by molar-refractivity contribution is -0.116. The summed E-state index contributed by atoms with van der Waals surface area (Å²) >= 11 is 0. The zero-order valence-corrected chi connectivity index (χ0v) is 12.2. The first-order valence-corrected chi connectivity index (χ1v) is 7.07. The number of nitrogens with one attached hydrogen (secondary N) is 2. The van der Waals surface area contributed by atoms with Crippen molar-refractivity contribution in [3.8, 4) is 0 Å². The van der Waals surface area contributed by atoms with Crippen LogP contribution in [-0.2, 0) is 4.79 Å². The summed E-state index contributed by atoms with van der Waals surface area (Å²) in [4.78, 5) is 24.0. The second-order valence-electron chi connectivity index (χ2n) is 4.74. The quantitative estimate of drug-likeness (QED) is 0.795. The van der Waals surface area contributed by atoms with E-state index in [0.29, 0.717) is 29.8 Å². The van der Waals surface area contributed by atoms with Crippen molar-refractivity contribution in [2.24, 2.45) is 0 Å². The van der Waals surface area contributed by atoms with Crippen LogP contribution in [0, 0.1) is 0 Å². The van der Waals surface area contributed by atoms with Gasteiger partial charge in [-0.25, -0.2) is 0 Å². The van der Waals surface area contributed by atoms with Gasteiger partial charge in [0.15, 0.2) is 0 Å². The number of para-hydroxylation sites is 2. The Hall–Kier alpha value is -2.88. The van der Waals surface area contributed by atoms with E-state index in [1.54, 1.807) is 54.6 Å². The number of amides is 2. The number of carbonyl (C=O) groups excluding carboxylic acids is 2. The molecule has 2 aromatic rings. The smallest absolute Gasteiger partial charge is 0.255 e. The van der Waals surface area contributed by atoms with Crippen molar-refractivity contribution in [2.45, 2.75) is 12.8 Å². The van der Waals surface area contributed by atoms with Gasteiger partial charge in [0.25, 0.3) is 5.91 Å². The first-order chi connectivity index (χ1) is 10.7. The summed E-state index contributed by atoms with van der Waals surface area (Å²) in [6.07, 6.45) is 2.68. The Balaban J connectivity index is 2.10. The van der Waals surface area contributed by atoms with Gasteiger partial charge in [-0.3, -0.25) is 9.59 Å². The van der Waals surface area contributed by atoms with Gasteiger partial charge < -0.3 is 10.6 Å². The molecule has 0 radical (unpaired) electrons. The molecule has 0 saturated carbocycles. The van der Waals surface area contributed by atoms with E-state index in [4.69, 9.17) is 0 Å². The Morgan fingerprint density at radius 1 is 0.909 bits per heavy atom. The highest BCUT2D eigenvalue weighted by molar-refractivity contribution is 6.07. The van der Waals surface area contributed by atoms with Crippen LogP contribution in [0.1, 0.15) is 23.2 Å². The molecule has 0 saturated heterocycles. The maximum absolute atomic E-state index is 12.2. The van der Waals surface area contributed by atoms with Gasteiger partial charge in [-0.05, 0) is 30.7 Å². The van der Waals surface area contributed by atoms with Crippen LogP contribution in [0.4, 0.5) is 11.4 Å². The Labute approximate surface area is 129 Å². The predicted octanol–water partition coefficient (Wildman–Crippen LogP) is 3.84. The van der Waals surface area contributed by atoms with Crippen molar-refractivity contribution in [3.05, 3.63) is 72.8 Å². The van der Waals surface area contributed by atoms with Gasteiger partial charge in [0.1, 0.15) is 0 Å². The van der Waals surface area contributed by atoms with Gasteiger partial charge in [-0.2, -0.15) is 0 Å². The van der Waals surface area contributed by atoms with Gasteiger partial charge in [-0.1, -0.05) is 36.4 Å². The van der Waals surface area contributed by atoms with Crippen LogP contribution < -0.4 is 10.6 Å². The Kier molecular flexibility index (Phi) is 5.49. The summed E-state index contributed by atoms with van der Waals surface area (Å²) in [6.45, 7) is 3.59. The van der Waals surface area contributed by atoms with Crippen LogP contribution >= 0.6 is 0 Å². The number of carbonyl (C=O) groups is 2. The fourth-order valence-electron chi connectivity index (χ4n) is 1.93. The van der Waals surface area contributed by atoms with E-state index < -0.39 is 0 Å². The predicted molar refractivity (Wildman–Crippen MR) is 88.9 cm³/mol. The lowest BCUT2D eigenvalue weighted by Gasteiger charge is -2.12. The van der Waals surface area contributed by atoms with Crippen LogP contribution in [0.3, 0.4) is 0 Å². The number of rotatable bonds is 6. The van der Waals surface area contributed by atoms with Crippen LogP contribution in [0.2, 0.25) is 0 Å². The van der Waals surface area contributed by atoms with Crippen molar-refractivity contribution in [1.29, 1.82) is 0 Å². The minimum absolute atomic E-state index is 0.110. The van der Waals surface area contributed by atoms with Crippen molar-refractivity contribution in [2.75, 3.05) is 10.6 Å². The highest BCUT2D eigenvalue weighted by Gasteiger charge is 2.10. The molecule has 2 rings (SSSR count). The van der Waals surface area contributed by atoms with E-state index in [-0.39, 0.29) is 11.8 Å². The van der Waals surface area contributed by atoms with Gasteiger partial charge in [0.2, 0.25) is 5.91 Å². The normalized spacial score (nSPS) is 9.82. The highest BCUT2D eigenvalue weighted by Crippen LogP contribution is 2.22. The van der Waals surface area contributed by atoms with Crippen molar-refractivity contribution in [3.63, 3.8) is 0 Å². The fraction of sp³-hybridized carbons (Fsp3) is 0.111. The Morgan fingerprint density at radius 3 is 2.14 bits per heavy atom. The maximum atomic E-state index is 12.2. The molecule has 2 amide bonds. The number of hydrogen-bond acceptors (Lipinski definition) is 2. The lowest BCUT2D eigenvalue weighted by atomic mass is 10.2. The molecule has 2 N–H and O–H groups in total. The molecule has 0 atom stereocenters. The first kappa shape index (κ1) is 15.5. The van der Waals surface area contributed by atoms with Gasteiger partial charge in [-0.15, -0.1) is 6.58 Å². The minimum Gasteiger partial charge on any atom is -0.324 e. The first-order valence-electron chi connectivity index (χ1n) is 7.07. The monoisotopic (exact) mass is 294 g/mol. The van der Waals surface area contributed by atoms with E-state index in [9.17, 15) is 9.59 Å². The Bertz CT molecular complexity index is 666. The lowest BCUT2D eigenvalue weighted by Crippen LogP contribution is -2.16. The third kappa shape index (κ3) is 4.31. The molecule has 0 aliphatic heterocycles. The van der Waals surface area contributed by atoms with E-state index in [1.807, 2.05) is 6.07 Å². The van der Waals surface area contributed by atoms with Gasteiger partial charge in [0, 0.05) is 12.0 Å². The molecular formula is C18H18N2O2. The standard InChI is InChI=1S/C18H18N2O2/c1-2-3-13-17(21)19-15-11-7-8-12-16(15)20-18(22)14-9-5-4-6-10-14/h2,4-12H,1,3,13H2,(H,19,21)(H,20,22). The second-order valence-corrected chi connectivity index (χ2v) is 4.74. The Morgan fingerprint density at radius 2 is 1.50 bits per heavy atom. The van der Waals surface area contributed by atoms with Crippen molar-refractivity contribution < 1.29 is 9.59 Å². The summed E-state index contributed by atoms with van der Waals surface area (Å²) in [5, 5.41) is 5.62. The topological polar surface area (TPSA) is 58.2 Å². The van der Waals surface area contributed by atoms with Crippen molar-refractivity contribution in [1.82, 2.24) is 0 Å². The molecule has 112 valence electrons. The summed E-state index contributed by atoms with van der Waals surface area (Å²) in [5.41, 5.74) is 1.72. The molecular weight excluding hydrogens is 276 g/mol. The van der Waals surface area contributed by atoms with Crippen molar-refractivity contribution >= 4 is 23.2 Å². The van der Waals surface area contributed by atoms with E-state index in [0.717, 1.165) is 0 Å². The van der Waals surface area contributed by atoms with Gasteiger partial charge in [0.05, 0.1) is 11.4 Å². The molecule has 0 fully saturated rings. The number of hydrogen-bond donors (Lipinski definition) is 2. The molecule has 0 aliphatic rings.